The lowest BCUT2D eigenvalue weighted by atomic mass is 10.1. The van der Waals surface area contributed by atoms with Gasteiger partial charge in [0.15, 0.2) is 0 Å². The van der Waals surface area contributed by atoms with Gasteiger partial charge in [-0.25, -0.2) is 4.39 Å². The Labute approximate surface area is 107 Å². The SMILES string of the molecule is CN(CCc1ccccc1N)c1ccccc1F. The summed E-state index contributed by atoms with van der Waals surface area (Å²) in [5.74, 6) is -0.193. The van der Waals surface area contributed by atoms with Crippen LogP contribution in [0.3, 0.4) is 0 Å². The summed E-state index contributed by atoms with van der Waals surface area (Å²) in [6.07, 6.45) is 0.803. The van der Waals surface area contributed by atoms with Crippen LogP contribution in [0.4, 0.5) is 15.8 Å². The van der Waals surface area contributed by atoms with Gasteiger partial charge in [0.1, 0.15) is 5.82 Å². The number of rotatable bonds is 4. The number of nitrogen functional groups attached to an aromatic ring is 1. The number of hydrogen-bond acceptors (Lipinski definition) is 2. The largest absolute Gasteiger partial charge is 0.399 e. The van der Waals surface area contributed by atoms with Gasteiger partial charge in [-0.3, -0.25) is 0 Å². The van der Waals surface area contributed by atoms with Crippen LogP contribution in [0.15, 0.2) is 48.5 Å². The minimum atomic E-state index is -0.193. The number of nitrogens with zero attached hydrogens (tertiary/aromatic N) is 1. The fourth-order valence-electron chi connectivity index (χ4n) is 1.93. The van der Waals surface area contributed by atoms with Gasteiger partial charge >= 0.3 is 0 Å². The van der Waals surface area contributed by atoms with Crippen LogP contribution in [0.25, 0.3) is 0 Å². The molecular weight excluding hydrogens is 227 g/mol. The molecule has 2 N–H and O–H groups in total. The van der Waals surface area contributed by atoms with E-state index < -0.39 is 0 Å². The molecule has 0 atom stereocenters. The van der Waals surface area contributed by atoms with Crippen molar-refractivity contribution >= 4 is 11.4 Å². The first-order valence-corrected chi connectivity index (χ1v) is 5.97. The Kier molecular flexibility index (Phi) is 3.82. The van der Waals surface area contributed by atoms with Crippen LogP contribution in [0.2, 0.25) is 0 Å². The van der Waals surface area contributed by atoms with Gasteiger partial charge in [0.25, 0.3) is 0 Å². The van der Waals surface area contributed by atoms with Gasteiger partial charge in [-0.2, -0.15) is 0 Å². The first-order chi connectivity index (χ1) is 8.68. The Morgan fingerprint density at radius 1 is 1.06 bits per heavy atom. The number of benzene rings is 2. The number of para-hydroxylation sites is 2. The molecule has 2 rings (SSSR count). The highest BCUT2D eigenvalue weighted by atomic mass is 19.1. The van der Waals surface area contributed by atoms with Gasteiger partial charge < -0.3 is 10.6 Å². The second-order valence-corrected chi connectivity index (χ2v) is 4.32. The summed E-state index contributed by atoms with van der Waals surface area (Å²) in [6.45, 7) is 0.731. The molecule has 2 aromatic carbocycles. The van der Waals surface area contributed by atoms with E-state index in [1.165, 1.54) is 6.07 Å². The van der Waals surface area contributed by atoms with E-state index in [9.17, 15) is 4.39 Å². The van der Waals surface area contributed by atoms with Gasteiger partial charge in [-0.15, -0.1) is 0 Å². The summed E-state index contributed by atoms with van der Waals surface area (Å²) in [4.78, 5) is 1.90. The molecule has 0 aliphatic rings. The summed E-state index contributed by atoms with van der Waals surface area (Å²) in [7, 11) is 1.89. The van der Waals surface area contributed by atoms with Gasteiger partial charge in [0.05, 0.1) is 5.69 Å². The van der Waals surface area contributed by atoms with E-state index in [1.54, 1.807) is 12.1 Å². The molecule has 0 saturated heterocycles. The zero-order valence-corrected chi connectivity index (χ0v) is 10.4. The topological polar surface area (TPSA) is 29.3 Å². The van der Waals surface area contributed by atoms with Crippen LogP contribution in [0, 0.1) is 5.82 Å². The van der Waals surface area contributed by atoms with E-state index >= 15 is 0 Å². The van der Waals surface area contributed by atoms with Crippen LogP contribution in [-0.4, -0.2) is 13.6 Å². The molecule has 0 fully saturated rings. The van der Waals surface area contributed by atoms with Crippen molar-refractivity contribution in [3.8, 4) is 0 Å². The smallest absolute Gasteiger partial charge is 0.146 e. The third-order valence-corrected chi connectivity index (χ3v) is 3.04. The second-order valence-electron chi connectivity index (χ2n) is 4.32. The van der Waals surface area contributed by atoms with E-state index in [4.69, 9.17) is 5.73 Å². The zero-order valence-electron chi connectivity index (χ0n) is 10.4. The first kappa shape index (κ1) is 12.4. The van der Waals surface area contributed by atoms with E-state index in [0.717, 1.165) is 24.2 Å². The molecule has 2 aromatic rings. The molecule has 0 heterocycles. The summed E-state index contributed by atoms with van der Waals surface area (Å²) < 4.78 is 13.6. The summed E-state index contributed by atoms with van der Waals surface area (Å²) in [6, 6.07) is 14.6. The normalized spacial score (nSPS) is 10.3. The van der Waals surface area contributed by atoms with Crippen LogP contribution in [0.1, 0.15) is 5.56 Å². The number of halogens is 1. The Bertz CT molecular complexity index is 525. The fourth-order valence-corrected chi connectivity index (χ4v) is 1.93. The van der Waals surface area contributed by atoms with Crippen molar-refractivity contribution in [2.45, 2.75) is 6.42 Å². The van der Waals surface area contributed by atoms with Crippen LogP contribution in [-0.2, 0) is 6.42 Å². The van der Waals surface area contributed by atoms with Crippen LogP contribution in [0.5, 0.6) is 0 Å². The van der Waals surface area contributed by atoms with Crippen LogP contribution < -0.4 is 10.6 Å². The molecule has 0 radical (unpaired) electrons. The van der Waals surface area contributed by atoms with Crippen molar-refractivity contribution in [2.75, 3.05) is 24.2 Å². The van der Waals surface area contributed by atoms with Crippen molar-refractivity contribution in [3.05, 3.63) is 59.9 Å². The molecular formula is C15H17FN2. The molecule has 3 heteroatoms. The monoisotopic (exact) mass is 244 g/mol. The lowest BCUT2D eigenvalue weighted by Gasteiger charge is -2.20. The van der Waals surface area contributed by atoms with Crippen molar-refractivity contribution < 1.29 is 4.39 Å². The first-order valence-electron chi connectivity index (χ1n) is 5.97. The molecule has 0 spiro atoms. The summed E-state index contributed by atoms with van der Waals surface area (Å²) in [5, 5.41) is 0. The molecule has 0 amide bonds. The number of likely N-dealkylation sites (N-methyl/N-ethyl adjacent to an activating group) is 1. The van der Waals surface area contributed by atoms with Gasteiger partial charge in [0, 0.05) is 19.3 Å². The molecule has 18 heavy (non-hydrogen) atoms. The maximum atomic E-state index is 13.6. The van der Waals surface area contributed by atoms with E-state index in [1.807, 2.05) is 42.3 Å². The number of nitrogens with two attached hydrogens (primary N) is 1. The highest BCUT2D eigenvalue weighted by Gasteiger charge is 2.07. The number of anilines is 2. The standard InChI is InChI=1S/C15H17FN2/c1-18(15-9-5-3-7-13(15)16)11-10-12-6-2-4-8-14(12)17/h2-9H,10-11,17H2,1H3. The maximum Gasteiger partial charge on any atom is 0.146 e. The highest BCUT2D eigenvalue weighted by Crippen LogP contribution is 2.18. The molecule has 0 saturated carbocycles. The molecule has 2 nitrogen and oxygen atoms in total. The zero-order chi connectivity index (χ0) is 13.0. The third-order valence-electron chi connectivity index (χ3n) is 3.04. The van der Waals surface area contributed by atoms with Gasteiger partial charge in [-0.1, -0.05) is 30.3 Å². The molecule has 0 aromatic heterocycles. The minimum absolute atomic E-state index is 0.193. The average molecular weight is 244 g/mol. The van der Waals surface area contributed by atoms with E-state index in [2.05, 4.69) is 0 Å². The molecule has 0 unspecified atom stereocenters. The lowest BCUT2D eigenvalue weighted by molar-refractivity contribution is 0.622. The maximum absolute atomic E-state index is 13.6. The Balaban J connectivity index is 2.03. The highest BCUT2D eigenvalue weighted by molar-refractivity contribution is 5.49. The average Bonchev–Trinajstić information content (AvgIpc) is 2.38. The fraction of sp³-hybridized carbons (Fsp3) is 0.200. The quantitative estimate of drug-likeness (QED) is 0.837. The number of hydrogen-bond donors (Lipinski definition) is 1. The van der Waals surface area contributed by atoms with Crippen molar-refractivity contribution in [1.29, 1.82) is 0 Å². The van der Waals surface area contributed by atoms with Crippen molar-refractivity contribution in [3.63, 3.8) is 0 Å². The van der Waals surface area contributed by atoms with Gasteiger partial charge in [-0.05, 0) is 30.2 Å². The molecule has 0 aliphatic carbocycles. The molecule has 0 aliphatic heterocycles. The second kappa shape index (κ2) is 5.54. The Hall–Kier alpha value is -2.03. The predicted molar refractivity (Wildman–Crippen MR) is 74.2 cm³/mol. The van der Waals surface area contributed by atoms with Crippen molar-refractivity contribution in [2.24, 2.45) is 0 Å². The Morgan fingerprint density at radius 2 is 1.72 bits per heavy atom. The predicted octanol–water partition coefficient (Wildman–Crippen LogP) is 3.09. The van der Waals surface area contributed by atoms with E-state index in [-0.39, 0.29) is 5.82 Å². The Morgan fingerprint density at radius 3 is 2.44 bits per heavy atom. The summed E-state index contributed by atoms with van der Waals surface area (Å²) in [5.41, 5.74) is 8.39. The third kappa shape index (κ3) is 2.80. The summed E-state index contributed by atoms with van der Waals surface area (Å²) >= 11 is 0. The molecule has 0 bridgehead atoms. The minimum Gasteiger partial charge on any atom is -0.399 e. The van der Waals surface area contributed by atoms with Crippen LogP contribution >= 0.6 is 0 Å². The van der Waals surface area contributed by atoms with Gasteiger partial charge in [0.2, 0.25) is 0 Å². The van der Waals surface area contributed by atoms with Crippen molar-refractivity contribution in [1.82, 2.24) is 0 Å². The molecule has 94 valence electrons. The van der Waals surface area contributed by atoms with E-state index in [0.29, 0.717) is 5.69 Å². The lowest BCUT2D eigenvalue weighted by Crippen LogP contribution is -2.21.